The third-order valence-electron chi connectivity index (χ3n) is 3.10. The number of nitro groups is 1. The van der Waals surface area contributed by atoms with Gasteiger partial charge < -0.3 is 16.4 Å². The number of hydrogen-bond donors (Lipinski definition) is 3. The van der Waals surface area contributed by atoms with Gasteiger partial charge in [-0.05, 0) is 38.8 Å². The van der Waals surface area contributed by atoms with E-state index in [0.29, 0.717) is 18.3 Å². The van der Waals surface area contributed by atoms with Gasteiger partial charge in [-0.3, -0.25) is 14.9 Å². The molecule has 1 fully saturated rings. The first-order chi connectivity index (χ1) is 9.76. The Bertz CT molecular complexity index is 562. The van der Waals surface area contributed by atoms with Crippen LogP contribution in [-0.2, 0) is 0 Å². The molecule has 0 aromatic heterocycles. The van der Waals surface area contributed by atoms with E-state index in [2.05, 4.69) is 10.6 Å². The molecule has 0 aliphatic heterocycles. The fraction of sp³-hybridized carbons (Fsp3) is 0.500. The van der Waals surface area contributed by atoms with Crippen LogP contribution in [-0.4, -0.2) is 29.0 Å². The van der Waals surface area contributed by atoms with Gasteiger partial charge in [0.25, 0.3) is 11.6 Å². The van der Waals surface area contributed by atoms with Crippen molar-refractivity contribution < 1.29 is 9.72 Å². The number of carbonyl (C=O) groups is 1. The predicted molar refractivity (Wildman–Crippen MR) is 80.3 cm³/mol. The summed E-state index contributed by atoms with van der Waals surface area (Å²) in [6, 6.07) is 4.76. The summed E-state index contributed by atoms with van der Waals surface area (Å²) in [6.07, 6.45) is 2.04. The number of rotatable bonds is 6. The average molecular weight is 292 g/mol. The number of nitro benzene ring substituents is 1. The standard InChI is InChI=1S/C14H20N4O3/c1-14(2,15)8-16-13(19)9-3-6-11(17-10-4-5-10)12(7-9)18(20)21/h3,6-7,10,17H,4-5,8,15H2,1-2H3,(H,16,19). The molecule has 21 heavy (non-hydrogen) atoms. The topological polar surface area (TPSA) is 110 Å². The van der Waals surface area contributed by atoms with Crippen molar-refractivity contribution in [1.29, 1.82) is 0 Å². The molecule has 1 amide bonds. The van der Waals surface area contributed by atoms with Crippen LogP contribution in [0.4, 0.5) is 11.4 Å². The van der Waals surface area contributed by atoms with E-state index in [9.17, 15) is 14.9 Å². The normalized spacial score (nSPS) is 14.6. The Morgan fingerprint density at radius 3 is 2.67 bits per heavy atom. The molecule has 0 unspecified atom stereocenters. The third kappa shape index (κ3) is 4.42. The van der Waals surface area contributed by atoms with Gasteiger partial charge >= 0.3 is 0 Å². The molecule has 114 valence electrons. The Kier molecular flexibility index (Phi) is 4.13. The highest BCUT2D eigenvalue weighted by Gasteiger charge is 2.25. The summed E-state index contributed by atoms with van der Waals surface area (Å²) >= 11 is 0. The summed E-state index contributed by atoms with van der Waals surface area (Å²) < 4.78 is 0. The molecule has 1 aromatic carbocycles. The van der Waals surface area contributed by atoms with Crippen LogP contribution in [0, 0.1) is 10.1 Å². The molecule has 0 radical (unpaired) electrons. The van der Waals surface area contributed by atoms with E-state index in [4.69, 9.17) is 5.73 Å². The van der Waals surface area contributed by atoms with Gasteiger partial charge in [0.1, 0.15) is 5.69 Å². The molecular weight excluding hydrogens is 272 g/mol. The van der Waals surface area contributed by atoms with Crippen molar-refractivity contribution in [1.82, 2.24) is 5.32 Å². The first-order valence-corrected chi connectivity index (χ1v) is 6.88. The van der Waals surface area contributed by atoms with E-state index in [1.165, 1.54) is 6.07 Å². The van der Waals surface area contributed by atoms with Gasteiger partial charge in [-0.2, -0.15) is 0 Å². The second kappa shape index (κ2) is 5.69. The highest BCUT2D eigenvalue weighted by atomic mass is 16.6. The zero-order chi connectivity index (χ0) is 15.6. The van der Waals surface area contributed by atoms with E-state index >= 15 is 0 Å². The van der Waals surface area contributed by atoms with E-state index in [1.54, 1.807) is 26.0 Å². The zero-order valence-corrected chi connectivity index (χ0v) is 12.2. The Morgan fingerprint density at radius 1 is 1.48 bits per heavy atom. The summed E-state index contributed by atoms with van der Waals surface area (Å²) in [5.41, 5.74) is 5.89. The average Bonchev–Trinajstić information content (AvgIpc) is 3.19. The quantitative estimate of drug-likeness (QED) is 0.545. The minimum absolute atomic E-state index is 0.0819. The lowest BCUT2D eigenvalue weighted by Crippen LogP contribution is -2.45. The molecule has 2 rings (SSSR count). The maximum atomic E-state index is 12.0. The molecule has 7 nitrogen and oxygen atoms in total. The molecule has 1 saturated carbocycles. The number of nitrogens with zero attached hydrogens (tertiary/aromatic N) is 1. The van der Waals surface area contributed by atoms with Crippen LogP contribution in [0.5, 0.6) is 0 Å². The van der Waals surface area contributed by atoms with Crippen molar-refractivity contribution in [2.45, 2.75) is 38.3 Å². The Labute approximate surface area is 123 Å². The first kappa shape index (κ1) is 15.2. The summed E-state index contributed by atoms with van der Waals surface area (Å²) in [7, 11) is 0. The molecule has 0 saturated heterocycles. The molecule has 7 heteroatoms. The molecule has 0 atom stereocenters. The SMILES string of the molecule is CC(C)(N)CNC(=O)c1ccc(NC2CC2)c([N+](=O)[O-])c1. The molecule has 0 heterocycles. The van der Waals surface area contributed by atoms with Crippen molar-refractivity contribution in [2.75, 3.05) is 11.9 Å². The maximum Gasteiger partial charge on any atom is 0.293 e. The number of amides is 1. The summed E-state index contributed by atoms with van der Waals surface area (Å²) in [5.74, 6) is -0.366. The van der Waals surface area contributed by atoms with Crippen molar-refractivity contribution in [2.24, 2.45) is 5.73 Å². The van der Waals surface area contributed by atoms with Gasteiger partial charge in [-0.1, -0.05) is 0 Å². The summed E-state index contributed by atoms with van der Waals surface area (Å²) in [6.45, 7) is 3.87. The fourth-order valence-electron chi connectivity index (χ4n) is 1.80. The van der Waals surface area contributed by atoms with Crippen LogP contribution in [0.3, 0.4) is 0 Å². The minimum atomic E-state index is -0.533. The van der Waals surface area contributed by atoms with Crippen molar-refractivity contribution in [3.63, 3.8) is 0 Å². The number of anilines is 1. The zero-order valence-electron chi connectivity index (χ0n) is 12.2. The summed E-state index contributed by atoms with van der Waals surface area (Å²) in [4.78, 5) is 22.7. The van der Waals surface area contributed by atoms with Crippen molar-refractivity contribution in [3.8, 4) is 0 Å². The van der Waals surface area contributed by atoms with Gasteiger partial charge in [0, 0.05) is 29.8 Å². The Hall–Kier alpha value is -2.15. The fourth-order valence-corrected chi connectivity index (χ4v) is 1.80. The number of hydrogen-bond acceptors (Lipinski definition) is 5. The number of nitrogens with one attached hydrogen (secondary N) is 2. The van der Waals surface area contributed by atoms with Gasteiger partial charge in [0.15, 0.2) is 0 Å². The first-order valence-electron chi connectivity index (χ1n) is 6.88. The van der Waals surface area contributed by atoms with E-state index < -0.39 is 10.5 Å². The highest BCUT2D eigenvalue weighted by molar-refractivity contribution is 5.95. The smallest absolute Gasteiger partial charge is 0.293 e. The lowest BCUT2D eigenvalue weighted by atomic mass is 10.1. The van der Waals surface area contributed by atoms with E-state index in [0.717, 1.165) is 12.8 Å². The molecule has 1 aromatic rings. The van der Waals surface area contributed by atoms with Crippen LogP contribution in [0.1, 0.15) is 37.0 Å². The molecular formula is C14H20N4O3. The van der Waals surface area contributed by atoms with Gasteiger partial charge in [0.05, 0.1) is 4.92 Å². The van der Waals surface area contributed by atoms with E-state index in [-0.39, 0.29) is 17.2 Å². The second-order valence-corrected chi connectivity index (χ2v) is 6.08. The monoisotopic (exact) mass is 292 g/mol. The van der Waals surface area contributed by atoms with Crippen LogP contribution in [0.25, 0.3) is 0 Å². The Balaban J connectivity index is 2.14. The van der Waals surface area contributed by atoms with Gasteiger partial charge in [-0.25, -0.2) is 0 Å². The van der Waals surface area contributed by atoms with Crippen molar-refractivity contribution >= 4 is 17.3 Å². The molecule has 1 aliphatic carbocycles. The lowest BCUT2D eigenvalue weighted by molar-refractivity contribution is -0.384. The third-order valence-corrected chi connectivity index (χ3v) is 3.10. The van der Waals surface area contributed by atoms with Crippen molar-refractivity contribution in [3.05, 3.63) is 33.9 Å². The number of nitrogens with two attached hydrogens (primary N) is 1. The molecule has 0 spiro atoms. The largest absolute Gasteiger partial charge is 0.377 e. The van der Waals surface area contributed by atoms with Gasteiger partial charge in [-0.15, -0.1) is 0 Å². The van der Waals surface area contributed by atoms with Crippen LogP contribution in [0.15, 0.2) is 18.2 Å². The molecule has 1 aliphatic rings. The minimum Gasteiger partial charge on any atom is -0.377 e. The number of benzene rings is 1. The summed E-state index contributed by atoms with van der Waals surface area (Å²) in [5, 5.41) is 16.9. The predicted octanol–water partition coefficient (Wildman–Crippen LogP) is 1.64. The molecule has 0 bridgehead atoms. The molecule has 4 N–H and O–H groups in total. The Morgan fingerprint density at radius 2 is 2.14 bits per heavy atom. The number of carbonyl (C=O) groups excluding carboxylic acids is 1. The second-order valence-electron chi connectivity index (χ2n) is 6.08. The van der Waals surface area contributed by atoms with E-state index in [1.807, 2.05) is 0 Å². The van der Waals surface area contributed by atoms with Crippen LogP contribution >= 0.6 is 0 Å². The lowest BCUT2D eigenvalue weighted by Gasteiger charge is -2.18. The van der Waals surface area contributed by atoms with Gasteiger partial charge in [0.2, 0.25) is 0 Å². The van der Waals surface area contributed by atoms with Crippen LogP contribution in [0.2, 0.25) is 0 Å². The van der Waals surface area contributed by atoms with Crippen LogP contribution < -0.4 is 16.4 Å². The maximum absolute atomic E-state index is 12.0. The highest BCUT2D eigenvalue weighted by Crippen LogP contribution is 2.31.